The van der Waals surface area contributed by atoms with Gasteiger partial charge in [0.1, 0.15) is 5.75 Å². The lowest BCUT2D eigenvalue weighted by molar-refractivity contribution is -0.149. The van der Waals surface area contributed by atoms with E-state index in [1.54, 1.807) is 0 Å². The Labute approximate surface area is 147 Å². The van der Waals surface area contributed by atoms with Crippen LogP contribution in [0.15, 0.2) is 18.2 Å². The zero-order valence-corrected chi connectivity index (χ0v) is 16.7. The molecule has 3 heteroatoms. The molecule has 1 aromatic rings. The van der Waals surface area contributed by atoms with Crippen molar-refractivity contribution in [2.24, 2.45) is 0 Å². The second-order valence-corrected chi connectivity index (χ2v) is 8.48. The lowest BCUT2D eigenvalue weighted by Gasteiger charge is -2.28. The largest absolute Gasteiger partial charge is 0.478 e. The summed E-state index contributed by atoms with van der Waals surface area (Å²) in [4.78, 5) is 12.1. The Morgan fingerprint density at radius 3 is 2.17 bits per heavy atom. The number of hydrogen-bond acceptors (Lipinski definition) is 3. The first-order valence-electron chi connectivity index (χ1n) is 8.90. The van der Waals surface area contributed by atoms with E-state index in [0.717, 1.165) is 24.2 Å². The predicted octanol–water partition coefficient (Wildman–Crippen LogP) is 5.39. The summed E-state index contributed by atoms with van der Waals surface area (Å²) >= 11 is 0. The molecule has 0 aliphatic heterocycles. The molecule has 24 heavy (non-hydrogen) atoms. The topological polar surface area (TPSA) is 35.5 Å². The Bertz CT molecular complexity index is 547. The van der Waals surface area contributed by atoms with Crippen molar-refractivity contribution >= 4 is 5.97 Å². The van der Waals surface area contributed by atoms with Gasteiger partial charge >= 0.3 is 5.97 Å². The molecule has 0 aliphatic carbocycles. The molecule has 0 fully saturated rings. The molecular weight excluding hydrogens is 300 g/mol. The molecule has 0 bridgehead atoms. The Morgan fingerprint density at radius 2 is 1.71 bits per heavy atom. The SMILES string of the molecule is CCCCC(Oc1ccc(C(C)(C)C)cc1C(C)(C)C)C(=O)OC. The van der Waals surface area contributed by atoms with Crippen LogP contribution in [0.25, 0.3) is 0 Å². The van der Waals surface area contributed by atoms with E-state index in [4.69, 9.17) is 9.47 Å². The van der Waals surface area contributed by atoms with E-state index < -0.39 is 6.10 Å². The molecule has 1 rings (SSSR count). The van der Waals surface area contributed by atoms with Crippen molar-refractivity contribution in [1.29, 1.82) is 0 Å². The van der Waals surface area contributed by atoms with Crippen molar-refractivity contribution in [3.8, 4) is 5.75 Å². The second-order valence-electron chi connectivity index (χ2n) is 8.48. The maximum Gasteiger partial charge on any atom is 0.347 e. The standard InChI is InChI=1S/C21H34O3/c1-9-10-11-18(19(22)23-8)24-17-13-12-15(20(2,3)4)14-16(17)21(5,6)7/h12-14,18H,9-11H2,1-8H3. The van der Waals surface area contributed by atoms with Crippen LogP contribution < -0.4 is 4.74 Å². The minimum Gasteiger partial charge on any atom is -0.478 e. The van der Waals surface area contributed by atoms with Crippen LogP contribution in [0.4, 0.5) is 0 Å². The second kappa shape index (κ2) is 8.04. The van der Waals surface area contributed by atoms with Crippen LogP contribution in [0, 0.1) is 0 Å². The molecule has 136 valence electrons. The summed E-state index contributed by atoms with van der Waals surface area (Å²) in [5, 5.41) is 0. The molecule has 0 aliphatic rings. The number of esters is 1. The highest BCUT2D eigenvalue weighted by atomic mass is 16.6. The molecule has 0 N–H and O–H groups in total. The number of unbranched alkanes of at least 4 members (excludes halogenated alkanes) is 1. The molecular formula is C21H34O3. The van der Waals surface area contributed by atoms with Gasteiger partial charge < -0.3 is 9.47 Å². The number of carbonyl (C=O) groups excluding carboxylic acids is 1. The zero-order valence-electron chi connectivity index (χ0n) is 16.7. The summed E-state index contributed by atoms with van der Waals surface area (Å²) in [7, 11) is 1.41. The molecule has 0 heterocycles. The van der Waals surface area contributed by atoms with E-state index >= 15 is 0 Å². The maximum atomic E-state index is 12.1. The van der Waals surface area contributed by atoms with Crippen LogP contribution >= 0.6 is 0 Å². The van der Waals surface area contributed by atoms with Crippen molar-refractivity contribution in [2.75, 3.05) is 7.11 Å². The minimum absolute atomic E-state index is 0.0674. The highest BCUT2D eigenvalue weighted by molar-refractivity contribution is 5.75. The van der Waals surface area contributed by atoms with E-state index in [1.165, 1.54) is 12.7 Å². The molecule has 0 saturated carbocycles. The highest BCUT2D eigenvalue weighted by Gasteiger charge is 2.27. The van der Waals surface area contributed by atoms with Crippen LogP contribution in [0.2, 0.25) is 0 Å². The monoisotopic (exact) mass is 334 g/mol. The van der Waals surface area contributed by atoms with Gasteiger partial charge in [-0.1, -0.05) is 67.0 Å². The number of hydrogen-bond donors (Lipinski definition) is 0. The van der Waals surface area contributed by atoms with Crippen LogP contribution in [0.5, 0.6) is 5.75 Å². The molecule has 0 spiro atoms. The van der Waals surface area contributed by atoms with Gasteiger partial charge in [-0.05, 0) is 40.9 Å². The number of methoxy groups -OCH3 is 1. The van der Waals surface area contributed by atoms with Crippen molar-refractivity contribution < 1.29 is 14.3 Å². The fraction of sp³-hybridized carbons (Fsp3) is 0.667. The number of carbonyl (C=O) groups is 1. The van der Waals surface area contributed by atoms with E-state index in [9.17, 15) is 4.79 Å². The molecule has 1 aromatic carbocycles. The summed E-state index contributed by atoms with van der Waals surface area (Å²) < 4.78 is 11.0. The number of benzene rings is 1. The van der Waals surface area contributed by atoms with Crippen molar-refractivity contribution in [1.82, 2.24) is 0 Å². The zero-order chi connectivity index (χ0) is 18.5. The van der Waals surface area contributed by atoms with E-state index in [1.807, 2.05) is 6.07 Å². The number of rotatable bonds is 6. The maximum absolute atomic E-state index is 12.1. The molecule has 1 unspecified atom stereocenters. The Kier molecular flexibility index (Phi) is 6.88. The first-order chi connectivity index (χ1) is 11.0. The Balaban J connectivity index is 3.23. The van der Waals surface area contributed by atoms with Crippen molar-refractivity contribution in [2.45, 2.75) is 84.7 Å². The van der Waals surface area contributed by atoms with E-state index in [0.29, 0.717) is 6.42 Å². The lowest BCUT2D eigenvalue weighted by Crippen LogP contribution is -2.30. The summed E-state index contributed by atoms with van der Waals surface area (Å²) in [5.74, 6) is 0.477. The fourth-order valence-corrected chi connectivity index (χ4v) is 2.58. The molecule has 0 radical (unpaired) electrons. The Hall–Kier alpha value is -1.51. The van der Waals surface area contributed by atoms with Crippen LogP contribution in [-0.4, -0.2) is 19.2 Å². The van der Waals surface area contributed by atoms with E-state index in [-0.39, 0.29) is 16.8 Å². The summed E-state index contributed by atoms with van der Waals surface area (Å²) in [6.07, 6.45) is 2.08. The van der Waals surface area contributed by atoms with Gasteiger partial charge in [-0.3, -0.25) is 0 Å². The van der Waals surface area contributed by atoms with Crippen molar-refractivity contribution in [3.05, 3.63) is 29.3 Å². The summed E-state index contributed by atoms with van der Waals surface area (Å²) in [6.45, 7) is 15.2. The predicted molar refractivity (Wildman–Crippen MR) is 99.8 cm³/mol. The third kappa shape index (κ3) is 5.54. The molecule has 0 amide bonds. The van der Waals surface area contributed by atoms with Crippen LogP contribution in [0.1, 0.15) is 78.9 Å². The summed E-state index contributed by atoms with van der Waals surface area (Å²) in [6, 6.07) is 6.31. The summed E-state index contributed by atoms with van der Waals surface area (Å²) in [5.41, 5.74) is 2.40. The third-order valence-corrected chi connectivity index (χ3v) is 4.21. The van der Waals surface area contributed by atoms with Crippen molar-refractivity contribution in [3.63, 3.8) is 0 Å². The Morgan fingerprint density at radius 1 is 1.08 bits per heavy atom. The molecule has 1 atom stereocenters. The first kappa shape index (κ1) is 20.5. The quantitative estimate of drug-likeness (QED) is 0.654. The normalized spacial score (nSPS) is 13.5. The number of ether oxygens (including phenoxy) is 2. The van der Waals surface area contributed by atoms with Gasteiger partial charge in [0.15, 0.2) is 6.10 Å². The first-order valence-corrected chi connectivity index (χ1v) is 8.90. The van der Waals surface area contributed by atoms with Gasteiger partial charge in [0, 0.05) is 0 Å². The van der Waals surface area contributed by atoms with Crippen LogP contribution in [0.3, 0.4) is 0 Å². The van der Waals surface area contributed by atoms with Gasteiger partial charge in [-0.25, -0.2) is 4.79 Å². The highest BCUT2D eigenvalue weighted by Crippen LogP contribution is 2.36. The lowest BCUT2D eigenvalue weighted by atomic mass is 9.80. The van der Waals surface area contributed by atoms with Gasteiger partial charge in [0.05, 0.1) is 7.11 Å². The average Bonchev–Trinajstić information content (AvgIpc) is 2.48. The molecule has 0 aromatic heterocycles. The average molecular weight is 335 g/mol. The van der Waals surface area contributed by atoms with Crippen LogP contribution in [-0.2, 0) is 20.4 Å². The van der Waals surface area contributed by atoms with Gasteiger partial charge in [0.2, 0.25) is 0 Å². The van der Waals surface area contributed by atoms with Gasteiger partial charge in [0.25, 0.3) is 0 Å². The van der Waals surface area contributed by atoms with E-state index in [2.05, 4.69) is 60.6 Å². The minimum atomic E-state index is -0.545. The fourth-order valence-electron chi connectivity index (χ4n) is 2.58. The molecule has 3 nitrogen and oxygen atoms in total. The smallest absolute Gasteiger partial charge is 0.347 e. The molecule has 0 saturated heterocycles. The van der Waals surface area contributed by atoms with Gasteiger partial charge in [-0.2, -0.15) is 0 Å². The third-order valence-electron chi connectivity index (χ3n) is 4.21. The van der Waals surface area contributed by atoms with Gasteiger partial charge in [-0.15, -0.1) is 0 Å².